The van der Waals surface area contributed by atoms with Crippen molar-refractivity contribution in [3.05, 3.63) is 35.9 Å². The Kier molecular flexibility index (Phi) is 8.08. The van der Waals surface area contributed by atoms with Crippen molar-refractivity contribution in [3.8, 4) is 0 Å². The summed E-state index contributed by atoms with van der Waals surface area (Å²) in [6, 6.07) is 9.32. The van der Waals surface area contributed by atoms with Crippen LogP contribution in [0.5, 0.6) is 0 Å². The van der Waals surface area contributed by atoms with Crippen molar-refractivity contribution in [1.29, 1.82) is 0 Å². The van der Waals surface area contributed by atoms with E-state index >= 15 is 0 Å². The number of amides is 1. The van der Waals surface area contributed by atoms with Crippen LogP contribution in [0.2, 0.25) is 6.32 Å². The number of benzene rings is 1. The summed E-state index contributed by atoms with van der Waals surface area (Å²) in [4.78, 5) is 39.1. The van der Waals surface area contributed by atoms with Crippen molar-refractivity contribution in [3.63, 3.8) is 0 Å². The fourth-order valence-electron chi connectivity index (χ4n) is 4.93. The molecule has 0 aliphatic carbocycles. The summed E-state index contributed by atoms with van der Waals surface area (Å²) < 4.78 is 22.8. The van der Waals surface area contributed by atoms with Gasteiger partial charge in [-0.25, -0.2) is 9.59 Å². The third-order valence-electron chi connectivity index (χ3n) is 7.51. The molecule has 2 aliphatic rings. The summed E-state index contributed by atoms with van der Waals surface area (Å²) >= 11 is 0. The number of aldehydes is 1. The zero-order valence-corrected chi connectivity index (χ0v) is 20.9. The normalized spacial score (nSPS) is 25.3. The van der Waals surface area contributed by atoms with Crippen LogP contribution in [-0.2, 0) is 35.0 Å². The largest absolute Gasteiger partial charge is 0.467 e. The van der Waals surface area contributed by atoms with Crippen LogP contribution in [0, 0.1) is 5.92 Å². The van der Waals surface area contributed by atoms with Gasteiger partial charge in [0.1, 0.15) is 12.9 Å². The quantitative estimate of drug-likeness (QED) is 0.304. The van der Waals surface area contributed by atoms with E-state index in [0.717, 1.165) is 5.56 Å². The second-order valence-corrected chi connectivity index (χ2v) is 10.1. The summed E-state index contributed by atoms with van der Waals surface area (Å²) in [5.41, 5.74) is -1.34. The first-order valence-corrected chi connectivity index (χ1v) is 11.9. The Bertz CT molecular complexity index is 859. The predicted octanol–water partition coefficient (Wildman–Crippen LogP) is 4.02. The van der Waals surface area contributed by atoms with E-state index in [1.807, 2.05) is 58.0 Å². The van der Waals surface area contributed by atoms with E-state index < -0.39 is 28.8 Å². The molecule has 0 spiro atoms. The van der Waals surface area contributed by atoms with Crippen LogP contribution in [-0.4, -0.2) is 60.8 Å². The van der Waals surface area contributed by atoms with E-state index in [9.17, 15) is 14.4 Å². The third-order valence-corrected chi connectivity index (χ3v) is 7.51. The third kappa shape index (κ3) is 5.15. The number of likely N-dealkylation sites (tertiary alicyclic amines) is 1. The van der Waals surface area contributed by atoms with Crippen molar-refractivity contribution < 1.29 is 33.2 Å². The zero-order chi connectivity index (χ0) is 25.0. The molecule has 0 N–H and O–H groups in total. The summed E-state index contributed by atoms with van der Waals surface area (Å²) in [6.07, 6.45) is 2.49. The van der Waals surface area contributed by atoms with Gasteiger partial charge in [-0.05, 0) is 58.3 Å². The first-order valence-electron chi connectivity index (χ1n) is 11.9. The van der Waals surface area contributed by atoms with Gasteiger partial charge in [0.2, 0.25) is 0 Å². The minimum Gasteiger partial charge on any atom is -0.467 e. The van der Waals surface area contributed by atoms with Crippen LogP contribution >= 0.6 is 0 Å². The van der Waals surface area contributed by atoms with Crippen LogP contribution < -0.4 is 0 Å². The Balaban J connectivity index is 1.69. The number of hydrogen-bond donors (Lipinski definition) is 0. The zero-order valence-electron chi connectivity index (χ0n) is 20.9. The second kappa shape index (κ2) is 10.5. The molecular formula is C25H36BNO7. The van der Waals surface area contributed by atoms with E-state index in [1.165, 1.54) is 12.0 Å². The molecule has 0 unspecified atom stereocenters. The second-order valence-electron chi connectivity index (χ2n) is 10.1. The number of carbonyl (C=O) groups excluding carboxylic acids is 3. The van der Waals surface area contributed by atoms with E-state index in [2.05, 4.69) is 0 Å². The fraction of sp³-hybridized carbons (Fsp3) is 0.640. The molecular weight excluding hydrogens is 437 g/mol. The molecule has 1 amide bonds. The molecule has 34 heavy (non-hydrogen) atoms. The number of carbonyl (C=O) groups is 3. The molecule has 2 heterocycles. The van der Waals surface area contributed by atoms with Crippen molar-refractivity contribution in [1.82, 2.24) is 4.90 Å². The van der Waals surface area contributed by atoms with E-state index in [4.69, 9.17) is 18.8 Å². The lowest BCUT2D eigenvalue weighted by molar-refractivity contribution is -0.156. The molecule has 0 saturated carbocycles. The molecule has 2 aliphatic heterocycles. The minimum atomic E-state index is -1.37. The highest BCUT2D eigenvalue weighted by molar-refractivity contribution is 6.45. The van der Waals surface area contributed by atoms with Crippen molar-refractivity contribution in [2.45, 2.75) is 83.0 Å². The Morgan fingerprint density at radius 3 is 2.38 bits per heavy atom. The van der Waals surface area contributed by atoms with E-state index in [-0.39, 0.29) is 26.1 Å². The van der Waals surface area contributed by atoms with Crippen molar-refractivity contribution in [2.24, 2.45) is 5.92 Å². The molecule has 2 saturated heterocycles. The number of methoxy groups -OCH3 is 1. The number of rotatable bonds is 9. The molecule has 3 rings (SSSR count). The highest BCUT2D eigenvalue weighted by Crippen LogP contribution is 2.43. The molecule has 2 atom stereocenters. The van der Waals surface area contributed by atoms with E-state index in [0.29, 0.717) is 38.4 Å². The lowest BCUT2D eigenvalue weighted by Crippen LogP contribution is -2.57. The van der Waals surface area contributed by atoms with Gasteiger partial charge in [-0.1, -0.05) is 36.8 Å². The fourth-order valence-corrected chi connectivity index (χ4v) is 4.93. The van der Waals surface area contributed by atoms with Gasteiger partial charge < -0.3 is 23.6 Å². The average molecular weight is 473 g/mol. The Hall–Kier alpha value is -2.39. The lowest BCUT2D eigenvalue weighted by atomic mass is 9.75. The predicted molar refractivity (Wildman–Crippen MR) is 127 cm³/mol. The molecule has 0 bridgehead atoms. The van der Waals surface area contributed by atoms with Gasteiger partial charge in [-0.3, -0.25) is 4.90 Å². The topological polar surface area (TPSA) is 91.4 Å². The number of hydrogen-bond acceptors (Lipinski definition) is 7. The summed E-state index contributed by atoms with van der Waals surface area (Å²) in [5.74, 6) is -0.828. The minimum absolute atomic E-state index is 0.0844. The highest BCUT2D eigenvalue weighted by Gasteiger charge is 2.57. The van der Waals surface area contributed by atoms with Crippen LogP contribution in [0.3, 0.4) is 0 Å². The number of esters is 1. The maximum Gasteiger partial charge on any atom is 0.457 e. The summed E-state index contributed by atoms with van der Waals surface area (Å²) in [6.45, 7) is 8.44. The maximum absolute atomic E-state index is 13.0. The maximum atomic E-state index is 13.0. The average Bonchev–Trinajstić information content (AvgIpc) is 3.26. The Morgan fingerprint density at radius 1 is 1.15 bits per heavy atom. The highest BCUT2D eigenvalue weighted by atomic mass is 16.7. The van der Waals surface area contributed by atoms with Gasteiger partial charge >= 0.3 is 19.2 Å². The SMILES string of the molecule is COC(=O)[C@]1(CC=O)[C@H](CCCB2OC(C)(C)C(C)(C)O2)CCN1C(=O)OCc1ccccc1. The van der Waals surface area contributed by atoms with E-state index in [1.54, 1.807) is 0 Å². The van der Waals surface area contributed by atoms with Crippen LogP contribution in [0.1, 0.15) is 58.9 Å². The summed E-state index contributed by atoms with van der Waals surface area (Å²) in [7, 11) is 0.944. The first-order chi connectivity index (χ1) is 16.1. The van der Waals surface area contributed by atoms with Crippen molar-refractivity contribution >= 4 is 25.5 Å². The number of nitrogens with zero attached hydrogens (tertiary/aromatic N) is 1. The molecule has 186 valence electrons. The van der Waals surface area contributed by atoms with Gasteiger partial charge in [-0.15, -0.1) is 0 Å². The Morgan fingerprint density at radius 2 is 1.79 bits per heavy atom. The molecule has 8 nitrogen and oxygen atoms in total. The van der Waals surface area contributed by atoms with Gasteiger partial charge in [0.25, 0.3) is 0 Å². The smallest absolute Gasteiger partial charge is 0.457 e. The van der Waals surface area contributed by atoms with Gasteiger partial charge in [-0.2, -0.15) is 0 Å². The molecule has 2 fully saturated rings. The van der Waals surface area contributed by atoms with Gasteiger partial charge in [0, 0.05) is 13.0 Å². The van der Waals surface area contributed by atoms with Crippen LogP contribution in [0.15, 0.2) is 30.3 Å². The monoisotopic (exact) mass is 473 g/mol. The van der Waals surface area contributed by atoms with Crippen molar-refractivity contribution in [2.75, 3.05) is 13.7 Å². The molecule has 0 aromatic heterocycles. The molecule has 9 heteroatoms. The van der Waals surface area contributed by atoms with Gasteiger partial charge in [0.15, 0.2) is 5.54 Å². The Labute approximate surface area is 202 Å². The summed E-state index contributed by atoms with van der Waals surface area (Å²) in [5, 5.41) is 0. The standard InChI is InChI=1S/C25H36BNO7/c1-23(2)24(3,4)34-26(33-23)15-9-12-20-13-16-27(25(20,14-17-28)21(29)31-5)22(30)32-18-19-10-7-6-8-11-19/h6-8,10-11,17,20H,9,12-16,18H2,1-5H3/t20-,25+/m1/s1. The van der Waals surface area contributed by atoms with Gasteiger partial charge in [0.05, 0.1) is 18.3 Å². The van der Waals surface area contributed by atoms with Crippen LogP contribution in [0.25, 0.3) is 0 Å². The lowest BCUT2D eigenvalue weighted by Gasteiger charge is -2.38. The van der Waals surface area contributed by atoms with Crippen LogP contribution in [0.4, 0.5) is 4.79 Å². The molecule has 0 radical (unpaired) electrons. The molecule has 1 aromatic carbocycles. The molecule has 1 aromatic rings. The number of ether oxygens (including phenoxy) is 2. The first kappa shape index (κ1) is 26.2.